The number of hydrogen-bond donors (Lipinski definition) is 0. The summed E-state index contributed by atoms with van der Waals surface area (Å²) in [5.74, 6) is 0.311. The van der Waals surface area contributed by atoms with E-state index in [4.69, 9.17) is 0 Å². The van der Waals surface area contributed by atoms with Gasteiger partial charge in [-0.3, -0.25) is 4.79 Å². The van der Waals surface area contributed by atoms with Crippen LogP contribution in [0.2, 0.25) is 0 Å². The number of rotatable bonds is 6. The molecule has 0 bridgehead atoms. The Hall–Kier alpha value is -2.74. The highest BCUT2D eigenvalue weighted by atomic mass is 32.2. The molecule has 8 heteroatoms. The minimum Gasteiger partial charge on any atom is -0.338 e. The normalized spacial score (nSPS) is 16.5. The Morgan fingerprint density at radius 3 is 2.56 bits per heavy atom. The quantitative estimate of drug-likeness (QED) is 0.423. The van der Waals surface area contributed by atoms with Gasteiger partial charge in [0.2, 0.25) is 0 Å². The molecule has 2 aromatic carbocycles. The topological polar surface area (TPSA) is 38.1 Å². The Kier molecular flexibility index (Phi) is 6.60. The molecule has 0 saturated carbocycles. The molecule has 168 valence electrons. The Morgan fingerprint density at radius 1 is 1.12 bits per heavy atom. The molecule has 1 aliphatic heterocycles. The molecule has 32 heavy (non-hydrogen) atoms. The summed E-state index contributed by atoms with van der Waals surface area (Å²) in [6.45, 7) is 2.76. The van der Waals surface area contributed by atoms with Crippen LogP contribution in [0.5, 0.6) is 0 Å². The number of carbonyl (C=O) groups is 1. The van der Waals surface area contributed by atoms with E-state index in [1.807, 2.05) is 30.3 Å². The Labute approximate surface area is 189 Å². The largest absolute Gasteiger partial charge is 0.416 e. The van der Waals surface area contributed by atoms with Crippen molar-refractivity contribution in [3.8, 4) is 5.69 Å². The number of likely N-dealkylation sites (tertiary alicyclic amines) is 1. The Morgan fingerprint density at radius 2 is 1.84 bits per heavy atom. The van der Waals surface area contributed by atoms with Crippen LogP contribution in [0.25, 0.3) is 5.69 Å². The molecular formula is C24H24F3N3OS. The van der Waals surface area contributed by atoms with Crippen molar-refractivity contribution in [2.45, 2.75) is 36.9 Å². The zero-order chi connectivity index (χ0) is 22.7. The van der Waals surface area contributed by atoms with Crippen molar-refractivity contribution >= 4 is 17.7 Å². The van der Waals surface area contributed by atoms with Crippen LogP contribution in [-0.2, 0) is 6.18 Å². The van der Waals surface area contributed by atoms with Gasteiger partial charge in [0.05, 0.1) is 23.0 Å². The molecule has 1 atom stereocenters. The molecule has 0 aliphatic carbocycles. The van der Waals surface area contributed by atoms with Crippen molar-refractivity contribution in [1.82, 2.24) is 14.7 Å². The predicted molar refractivity (Wildman–Crippen MR) is 119 cm³/mol. The van der Waals surface area contributed by atoms with E-state index in [0.29, 0.717) is 18.5 Å². The molecule has 1 fully saturated rings. The molecule has 1 aliphatic rings. The minimum atomic E-state index is -4.41. The van der Waals surface area contributed by atoms with Gasteiger partial charge in [-0.2, -0.15) is 18.3 Å². The van der Waals surface area contributed by atoms with Crippen molar-refractivity contribution in [2.75, 3.05) is 18.8 Å². The van der Waals surface area contributed by atoms with Gasteiger partial charge in [-0.15, -0.1) is 11.8 Å². The second-order valence-corrected chi connectivity index (χ2v) is 8.86. The standard InChI is InChI=1S/C24H24F3N3OS/c1-2-14-32-23-20(15-28-30(23)18-8-4-3-5-9-18)22(31)29-13-12-17(16-29)19-10-6-7-11-21(19)24(25,26)27/h3-11,15,17H,2,12-14,16H2,1H3. The Balaban J connectivity index is 1.59. The summed E-state index contributed by atoms with van der Waals surface area (Å²) in [5.41, 5.74) is 1.01. The number of alkyl halides is 3. The number of hydrogen-bond acceptors (Lipinski definition) is 3. The highest BCUT2D eigenvalue weighted by Crippen LogP contribution is 2.39. The van der Waals surface area contributed by atoms with E-state index in [0.717, 1.165) is 29.0 Å². The highest BCUT2D eigenvalue weighted by Gasteiger charge is 2.38. The van der Waals surface area contributed by atoms with Crippen molar-refractivity contribution in [2.24, 2.45) is 0 Å². The number of nitrogens with zero attached hydrogens (tertiary/aromatic N) is 3. The van der Waals surface area contributed by atoms with Crippen molar-refractivity contribution in [1.29, 1.82) is 0 Å². The van der Waals surface area contributed by atoms with Gasteiger partial charge in [-0.1, -0.05) is 43.3 Å². The first-order valence-corrected chi connectivity index (χ1v) is 11.6. The molecule has 0 N–H and O–H groups in total. The third kappa shape index (κ3) is 4.55. The van der Waals surface area contributed by atoms with E-state index in [2.05, 4.69) is 12.0 Å². The van der Waals surface area contributed by atoms with Gasteiger partial charge in [-0.25, -0.2) is 4.68 Å². The molecular weight excluding hydrogens is 435 g/mol. The second kappa shape index (κ2) is 9.40. The lowest BCUT2D eigenvalue weighted by atomic mass is 9.93. The van der Waals surface area contributed by atoms with E-state index >= 15 is 0 Å². The molecule has 1 amide bonds. The zero-order valence-electron chi connectivity index (χ0n) is 17.7. The third-order valence-corrected chi connectivity index (χ3v) is 6.86. The van der Waals surface area contributed by atoms with E-state index in [9.17, 15) is 18.0 Å². The van der Waals surface area contributed by atoms with Crippen LogP contribution in [0.3, 0.4) is 0 Å². The lowest BCUT2D eigenvalue weighted by Gasteiger charge is -2.19. The highest BCUT2D eigenvalue weighted by molar-refractivity contribution is 7.99. The van der Waals surface area contributed by atoms with Crippen molar-refractivity contribution in [3.63, 3.8) is 0 Å². The second-order valence-electron chi connectivity index (χ2n) is 7.78. The van der Waals surface area contributed by atoms with E-state index in [1.54, 1.807) is 33.6 Å². The number of benzene rings is 2. The van der Waals surface area contributed by atoms with Gasteiger partial charge in [0.15, 0.2) is 0 Å². The fourth-order valence-corrected chi connectivity index (χ4v) is 5.02. The molecule has 4 rings (SSSR count). The number of aromatic nitrogens is 2. The maximum atomic E-state index is 13.5. The van der Waals surface area contributed by atoms with Crippen LogP contribution < -0.4 is 0 Å². The monoisotopic (exact) mass is 459 g/mol. The van der Waals surface area contributed by atoms with Gasteiger partial charge in [0.25, 0.3) is 5.91 Å². The van der Waals surface area contributed by atoms with E-state index in [-0.39, 0.29) is 23.9 Å². The van der Waals surface area contributed by atoms with Gasteiger partial charge in [-0.05, 0) is 42.4 Å². The summed E-state index contributed by atoms with van der Waals surface area (Å²) in [6.07, 6.45) is -1.39. The first-order valence-electron chi connectivity index (χ1n) is 10.6. The molecule has 1 saturated heterocycles. The first-order chi connectivity index (χ1) is 15.4. The molecule has 1 aromatic heterocycles. The summed E-state index contributed by atoms with van der Waals surface area (Å²) in [5, 5.41) is 5.22. The minimum absolute atomic E-state index is 0.183. The average Bonchev–Trinajstić information content (AvgIpc) is 3.45. The first kappa shape index (κ1) is 22.5. The van der Waals surface area contributed by atoms with Crippen LogP contribution in [0.1, 0.15) is 47.2 Å². The lowest BCUT2D eigenvalue weighted by molar-refractivity contribution is -0.138. The number of para-hydroxylation sites is 1. The smallest absolute Gasteiger partial charge is 0.338 e. The van der Waals surface area contributed by atoms with Crippen LogP contribution in [0.4, 0.5) is 13.2 Å². The fourth-order valence-electron chi connectivity index (χ4n) is 4.05. The summed E-state index contributed by atoms with van der Waals surface area (Å²) < 4.78 is 42.2. The van der Waals surface area contributed by atoms with Crippen LogP contribution >= 0.6 is 11.8 Å². The van der Waals surface area contributed by atoms with Crippen molar-refractivity contribution < 1.29 is 18.0 Å². The molecule has 2 heterocycles. The van der Waals surface area contributed by atoms with Crippen molar-refractivity contribution in [3.05, 3.63) is 77.5 Å². The van der Waals surface area contributed by atoms with Gasteiger partial charge in [0, 0.05) is 19.0 Å². The molecule has 4 nitrogen and oxygen atoms in total. The van der Waals surface area contributed by atoms with E-state index in [1.165, 1.54) is 12.1 Å². The maximum Gasteiger partial charge on any atom is 0.416 e. The summed E-state index contributed by atoms with van der Waals surface area (Å²) in [7, 11) is 0. The molecule has 0 spiro atoms. The maximum absolute atomic E-state index is 13.5. The predicted octanol–water partition coefficient (Wildman–Crippen LogP) is 6.02. The molecule has 1 unspecified atom stereocenters. The number of thioether (sulfide) groups is 1. The van der Waals surface area contributed by atoms with Gasteiger partial charge < -0.3 is 4.90 Å². The lowest BCUT2D eigenvalue weighted by Crippen LogP contribution is -2.29. The number of halogens is 3. The molecule has 0 radical (unpaired) electrons. The van der Waals surface area contributed by atoms with Crippen LogP contribution in [-0.4, -0.2) is 39.4 Å². The van der Waals surface area contributed by atoms with E-state index < -0.39 is 11.7 Å². The Bertz CT molecular complexity index is 1080. The van der Waals surface area contributed by atoms with Crippen LogP contribution in [0.15, 0.2) is 65.8 Å². The van der Waals surface area contributed by atoms with Gasteiger partial charge >= 0.3 is 6.18 Å². The zero-order valence-corrected chi connectivity index (χ0v) is 18.5. The summed E-state index contributed by atoms with van der Waals surface area (Å²) in [6, 6.07) is 15.3. The SMILES string of the molecule is CCCSc1c(C(=O)N2CCC(c3ccccc3C(F)(F)F)C2)cnn1-c1ccccc1. The van der Waals surface area contributed by atoms with Crippen LogP contribution in [0, 0.1) is 0 Å². The summed E-state index contributed by atoms with van der Waals surface area (Å²) >= 11 is 1.57. The average molecular weight is 460 g/mol. The number of amides is 1. The van der Waals surface area contributed by atoms with Gasteiger partial charge in [0.1, 0.15) is 5.03 Å². The number of carbonyl (C=O) groups excluding carboxylic acids is 1. The third-order valence-electron chi connectivity index (χ3n) is 5.58. The fraction of sp³-hybridized carbons (Fsp3) is 0.333. The molecule has 3 aromatic rings. The summed E-state index contributed by atoms with van der Waals surface area (Å²) in [4.78, 5) is 15.0.